The van der Waals surface area contributed by atoms with Gasteiger partial charge in [0.15, 0.2) is 0 Å². The van der Waals surface area contributed by atoms with Crippen molar-refractivity contribution in [2.75, 3.05) is 0 Å². The molecule has 2 heteroatoms. The van der Waals surface area contributed by atoms with Crippen molar-refractivity contribution in [2.45, 2.75) is 46.3 Å². The number of benzene rings is 1. The molecule has 0 spiro atoms. The molecule has 1 heterocycles. The van der Waals surface area contributed by atoms with Crippen LogP contribution in [0.1, 0.15) is 45.0 Å². The molecule has 0 fully saturated rings. The maximum Gasteiger partial charge on any atom is 0.0841 e. The van der Waals surface area contributed by atoms with Crippen molar-refractivity contribution in [3.05, 3.63) is 35.5 Å². The fourth-order valence-electron chi connectivity index (χ4n) is 2.42. The molecule has 0 amide bonds. The number of aliphatic hydroxyl groups is 1. The first kappa shape index (κ1) is 12.2. The van der Waals surface area contributed by atoms with Crippen molar-refractivity contribution in [1.29, 1.82) is 0 Å². The summed E-state index contributed by atoms with van der Waals surface area (Å²) in [5.41, 5.74) is 2.65. The van der Waals surface area contributed by atoms with Gasteiger partial charge in [-0.25, -0.2) is 0 Å². The summed E-state index contributed by atoms with van der Waals surface area (Å²) in [6.45, 7) is 10.1. The van der Waals surface area contributed by atoms with E-state index in [1.165, 1.54) is 16.6 Å². The third-order valence-corrected chi connectivity index (χ3v) is 3.26. The van der Waals surface area contributed by atoms with E-state index in [0.717, 1.165) is 5.56 Å². The van der Waals surface area contributed by atoms with Crippen molar-refractivity contribution in [2.24, 2.45) is 0 Å². The minimum atomic E-state index is -0.784. The molecule has 0 saturated carbocycles. The number of fused-ring (bicyclic) bond motifs is 1. The predicted molar refractivity (Wildman–Crippen MR) is 72.3 cm³/mol. The van der Waals surface area contributed by atoms with Crippen molar-refractivity contribution >= 4 is 10.9 Å². The van der Waals surface area contributed by atoms with Gasteiger partial charge in [0.2, 0.25) is 0 Å². The average molecular weight is 231 g/mol. The summed E-state index contributed by atoms with van der Waals surface area (Å²) >= 11 is 0. The van der Waals surface area contributed by atoms with Crippen LogP contribution < -0.4 is 0 Å². The Bertz CT molecular complexity index is 544. The number of hydrogen-bond acceptors (Lipinski definition) is 1. The van der Waals surface area contributed by atoms with E-state index in [4.69, 9.17) is 0 Å². The van der Waals surface area contributed by atoms with Gasteiger partial charge in [-0.15, -0.1) is 0 Å². The topological polar surface area (TPSA) is 25.2 Å². The highest BCUT2D eigenvalue weighted by atomic mass is 16.3. The van der Waals surface area contributed by atoms with Crippen LogP contribution in [0.5, 0.6) is 0 Å². The second-order valence-corrected chi connectivity index (χ2v) is 5.58. The highest BCUT2D eigenvalue weighted by Crippen LogP contribution is 2.28. The number of aromatic nitrogens is 1. The summed E-state index contributed by atoms with van der Waals surface area (Å²) in [4.78, 5) is 0. The fraction of sp³-hybridized carbons (Fsp3) is 0.467. The summed E-state index contributed by atoms with van der Waals surface area (Å²) < 4.78 is 2.31. The van der Waals surface area contributed by atoms with E-state index in [0.29, 0.717) is 6.04 Å². The Labute approximate surface area is 103 Å². The maximum absolute atomic E-state index is 10.1. The lowest BCUT2D eigenvalue weighted by Crippen LogP contribution is -2.15. The van der Waals surface area contributed by atoms with Gasteiger partial charge in [-0.1, -0.05) is 12.1 Å². The lowest BCUT2D eigenvalue weighted by atomic mass is 9.97. The lowest BCUT2D eigenvalue weighted by molar-refractivity contribution is 0.0787. The Balaban J connectivity index is 2.71. The van der Waals surface area contributed by atoms with Crippen molar-refractivity contribution < 1.29 is 5.11 Å². The van der Waals surface area contributed by atoms with Crippen LogP contribution in [0.3, 0.4) is 0 Å². The molecular weight excluding hydrogens is 210 g/mol. The van der Waals surface area contributed by atoms with Gasteiger partial charge in [0, 0.05) is 17.3 Å². The average Bonchev–Trinajstić information content (AvgIpc) is 2.50. The van der Waals surface area contributed by atoms with Crippen molar-refractivity contribution in [1.82, 2.24) is 4.57 Å². The molecule has 0 atom stereocenters. The summed E-state index contributed by atoms with van der Waals surface area (Å²) in [6, 6.07) is 8.83. The summed E-state index contributed by atoms with van der Waals surface area (Å²) in [5, 5.41) is 11.3. The molecule has 17 heavy (non-hydrogen) atoms. The molecule has 1 aromatic carbocycles. The van der Waals surface area contributed by atoms with Crippen LogP contribution in [-0.4, -0.2) is 9.67 Å². The van der Waals surface area contributed by atoms with Crippen LogP contribution in [0, 0.1) is 6.92 Å². The second-order valence-electron chi connectivity index (χ2n) is 5.58. The van der Waals surface area contributed by atoms with E-state index < -0.39 is 5.60 Å². The zero-order chi connectivity index (χ0) is 12.8. The van der Waals surface area contributed by atoms with Gasteiger partial charge in [-0.3, -0.25) is 0 Å². The molecule has 0 saturated heterocycles. The normalized spacial score (nSPS) is 12.6. The molecule has 1 aromatic heterocycles. The van der Waals surface area contributed by atoms with E-state index in [-0.39, 0.29) is 0 Å². The third kappa shape index (κ3) is 2.09. The van der Waals surface area contributed by atoms with Crippen LogP contribution in [0.2, 0.25) is 0 Å². The monoisotopic (exact) mass is 231 g/mol. The standard InChI is InChI=1S/C15H21NO/c1-10(2)16-11(3)8-12-6-7-13(9-14(12)16)15(4,5)17/h6-10,17H,1-5H3. The second kappa shape index (κ2) is 3.88. The van der Waals surface area contributed by atoms with E-state index in [9.17, 15) is 5.11 Å². The minimum absolute atomic E-state index is 0.435. The number of rotatable bonds is 2. The van der Waals surface area contributed by atoms with E-state index >= 15 is 0 Å². The van der Waals surface area contributed by atoms with Crippen LogP contribution in [0.25, 0.3) is 10.9 Å². The lowest BCUT2D eigenvalue weighted by Gasteiger charge is -2.19. The van der Waals surface area contributed by atoms with Crippen molar-refractivity contribution in [3.8, 4) is 0 Å². The molecule has 0 aliphatic heterocycles. The summed E-state index contributed by atoms with van der Waals surface area (Å²) in [6.07, 6.45) is 0. The summed E-state index contributed by atoms with van der Waals surface area (Å²) in [7, 11) is 0. The Morgan fingerprint density at radius 2 is 1.82 bits per heavy atom. The molecule has 0 unspecified atom stereocenters. The third-order valence-electron chi connectivity index (χ3n) is 3.26. The first-order valence-electron chi connectivity index (χ1n) is 6.15. The van der Waals surface area contributed by atoms with Gasteiger partial charge in [0.1, 0.15) is 0 Å². The van der Waals surface area contributed by atoms with Gasteiger partial charge in [0.05, 0.1) is 5.60 Å². The SMILES string of the molecule is Cc1cc2ccc(C(C)(C)O)cc2n1C(C)C. The van der Waals surface area contributed by atoms with Crippen molar-refractivity contribution in [3.63, 3.8) is 0 Å². The number of hydrogen-bond donors (Lipinski definition) is 1. The molecule has 0 aliphatic carbocycles. The summed E-state index contributed by atoms with van der Waals surface area (Å²) in [5.74, 6) is 0. The zero-order valence-corrected chi connectivity index (χ0v) is 11.3. The fourth-order valence-corrected chi connectivity index (χ4v) is 2.42. The van der Waals surface area contributed by atoms with Crippen LogP contribution >= 0.6 is 0 Å². The predicted octanol–water partition coefficient (Wildman–Crippen LogP) is 3.76. The Kier molecular flexibility index (Phi) is 2.78. The minimum Gasteiger partial charge on any atom is -0.386 e. The molecule has 2 rings (SSSR count). The van der Waals surface area contributed by atoms with Gasteiger partial charge >= 0.3 is 0 Å². The largest absolute Gasteiger partial charge is 0.386 e. The molecular formula is C15H21NO. The Hall–Kier alpha value is -1.28. The molecule has 0 bridgehead atoms. The first-order chi connectivity index (χ1) is 7.80. The van der Waals surface area contributed by atoms with E-state index in [1.807, 2.05) is 19.9 Å². The van der Waals surface area contributed by atoms with Crippen LogP contribution in [0.4, 0.5) is 0 Å². The van der Waals surface area contributed by atoms with Gasteiger partial charge in [-0.05, 0) is 57.7 Å². The molecule has 0 aliphatic rings. The van der Waals surface area contributed by atoms with E-state index in [1.54, 1.807) is 0 Å². The Morgan fingerprint density at radius 3 is 2.35 bits per heavy atom. The number of aryl methyl sites for hydroxylation is 1. The molecule has 2 aromatic rings. The molecule has 2 nitrogen and oxygen atoms in total. The molecule has 1 N–H and O–H groups in total. The maximum atomic E-state index is 10.1. The molecule has 0 radical (unpaired) electrons. The van der Waals surface area contributed by atoms with Crippen LogP contribution in [0.15, 0.2) is 24.3 Å². The highest BCUT2D eigenvalue weighted by Gasteiger charge is 2.17. The first-order valence-corrected chi connectivity index (χ1v) is 6.15. The van der Waals surface area contributed by atoms with Crippen LogP contribution in [-0.2, 0) is 5.60 Å². The van der Waals surface area contributed by atoms with E-state index in [2.05, 4.69) is 43.5 Å². The number of nitrogens with zero attached hydrogens (tertiary/aromatic N) is 1. The zero-order valence-electron chi connectivity index (χ0n) is 11.3. The molecule has 92 valence electrons. The smallest absolute Gasteiger partial charge is 0.0841 e. The highest BCUT2D eigenvalue weighted by molar-refractivity contribution is 5.82. The van der Waals surface area contributed by atoms with Gasteiger partial charge < -0.3 is 9.67 Å². The Morgan fingerprint density at radius 1 is 1.18 bits per heavy atom. The quantitative estimate of drug-likeness (QED) is 0.836. The van der Waals surface area contributed by atoms with Gasteiger partial charge in [0.25, 0.3) is 0 Å². The van der Waals surface area contributed by atoms with Gasteiger partial charge in [-0.2, -0.15) is 0 Å².